The molecule has 25 heavy (non-hydrogen) atoms. The van der Waals surface area contributed by atoms with Gasteiger partial charge in [0.2, 0.25) is 0 Å². The number of fused-ring (bicyclic) bond motifs is 2. The molecule has 0 bridgehead atoms. The van der Waals surface area contributed by atoms with Crippen LogP contribution in [0.2, 0.25) is 0 Å². The highest BCUT2D eigenvalue weighted by molar-refractivity contribution is 5.47. The number of aromatic nitrogens is 5. The van der Waals surface area contributed by atoms with Crippen molar-refractivity contribution in [2.75, 3.05) is 11.4 Å². The van der Waals surface area contributed by atoms with E-state index in [4.69, 9.17) is 5.10 Å². The zero-order chi connectivity index (χ0) is 16.8. The van der Waals surface area contributed by atoms with Gasteiger partial charge in [-0.25, -0.2) is 9.50 Å². The van der Waals surface area contributed by atoms with Crippen molar-refractivity contribution in [3.8, 4) is 0 Å². The molecule has 1 aliphatic heterocycles. The van der Waals surface area contributed by atoms with Crippen molar-refractivity contribution in [1.82, 2.24) is 24.1 Å². The number of rotatable bonds is 2. The molecule has 2 aliphatic rings. The fraction of sp³-hybridized carbons (Fsp3) is 0.444. The highest BCUT2D eigenvalue weighted by Gasteiger charge is 2.26. The second-order valence-electron chi connectivity index (χ2n) is 6.89. The van der Waals surface area contributed by atoms with E-state index in [9.17, 15) is 4.79 Å². The second kappa shape index (κ2) is 5.68. The molecule has 3 aromatic rings. The van der Waals surface area contributed by atoms with Crippen LogP contribution >= 0.6 is 0 Å². The van der Waals surface area contributed by atoms with Crippen LogP contribution in [0.5, 0.6) is 0 Å². The van der Waals surface area contributed by atoms with Crippen LogP contribution in [0.15, 0.2) is 35.5 Å². The molecule has 3 aromatic heterocycles. The number of imidazole rings is 1. The van der Waals surface area contributed by atoms with Crippen LogP contribution in [0, 0.1) is 0 Å². The van der Waals surface area contributed by atoms with Gasteiger partial charge in [0.15, 0.2) is 11.3 Å². The molecule has 0 unspecified atom stereocenters. The Bertz CT molecular complexity index is 970. The first kappa shape index (κ1) is 14.6. The lowest BCUT2D eigenvalue weighted by Crippen LogP contribution is -2.41. The molecule has 0 N–H and O–H groups in total. The van der Waals surface area contributed by atoms with Crippen LogP contribution in [-0.2, 0) is 13.1 Å². The SMILES string of the molecule is O=c1c2cnc(C3CCCC3)n2nc2n1CCN(c1ccncc1)C2. The molecule has 1 fully saturated rings. The van der Waals surface area contributed by atoms with Crippen molar-refractivity contribution in [3.63, 3.8) is 0 Å². The van der Waals surface area contributed by atoms with Crippen LogP contribution in [0.4, 0.5) is 5.69 Å². The van der Waals surface area contributed by atoms with Gasteiger partial charge >= 0.3 is 0 Å². The topological polar surface area (TPSA) is 68.3 Å². The lowest BCUT2D eigenvalue weighted by molar-refractivity contribution is 0.508. The second-order valence-corrected chi connectivity index (χ2v) is 6.89. The van der Waals surface area contributed by atoms with Crippen molar-refractivity contribution < 1.29 is 0 Å². The van der Waals surface area contributed by atoms with E-state index in [1.54, 1.807) is 27.7 Å². The van der Waals surface area contributed by atoms with Gasteiger partial charge in [-0.05, 0) is 25.0 Å². The number of nitrogens with zero attached hydrogens (tertiary/aromatic N) is 6. The number of hydrogen-bond acceptors (Lipinski definition) is 5. The average molecular weight is 336 g/mol. The minimum atomic E-state index is 0.0242. The Labute approximate surface area is 144 Å². The molecule has 5 rings (SSSR count). The smallest absolute Gasteiger partial charge is 0.279 e. The van der Waals surface area contributed by atoms with Gasteiger partial charge in [0.05, 0.1) is 12.7 Å². The summed E-state index contributed by atoms with van der Waals surface area (Å²) in [5, 5.41) is 4.82. The molecular weight excluding hydrogens is 316 g/mol. The van der Waals surface area contributed by atoms with E-state index >= 15 is 0 Å². The van der Waals surface area contributed by atoms with Gasteiger partial charge < -0.3 is 4.90 Å². The highest BCUT2D eigenvalue weighted by Crippen LogP contribution is 2.33. The number of hydrogen-bond donors (Lipinski definition) is 0. The normalized spacial score (nSPS) is 18.0. The summed E-state index contributed by atoms with van der Waals surface area (Å²) >= 11 is 0. The quantitative estimate of drug-likeness (QED) is 0.716. The van der Waals surface area contributed by atoms with Gasteiger partial charge in [0.25, 0.3) is 5.56 Å². The first-order valence-corrected chi connectivity index (χ1v) is 8.93. The largest absolute Gasteiger partial charge is 0.362 e. The maximum atomic E-state index is 12.9. The first-order chi connectivity index (χ1) is 12.3. The summed E-state index contributed by atoms with van der Waals surface area (Å²) in [6, 6.07) is 3.99. The standard InChI is InChI=1S/C18H20N6O/c25-18-15-11-20-17(13-3-1-2-4-13)24(15)21-16-12-22(9-10-23(16)18)14-5-7-19-8-6-14/h5-8,11,13H,1-4,9-10,12H2. The van der Waals surface area contributed by atoms with Gasteiger partial charge in [-0.2, -0.15) is 5.10 Å². The van der Waals surface area contributed by atoms with Crippen molar-refractivity contribution in [1.29, 1.82) is 0 Å². The zero-order valence-electron chi connectivity index (χ0n) is 14.0. The van der Waals surface area contributed by atoms with E-state index in [0.717, 1.165) is 36.7 Å². The fourth-order valence-electron chi connectivity index (χ4n) is 4.09. The number of anilines is 1. The molecule has 1 saturated carbocycles. The summed E-state index contributed by atoms with van der Waals surface area (Å²) < 4.78 is 3.60. The van der Waals surface area contributed by atoms with E-state index in [1.165, 1.54) is 12.8 Å². The molecule has 0 saturated heterocycles. The summed E-state index contributed by atoms with van der Waals surface area (Å²) in [6.45, 7) is 2.06. The van der Waals surface area contributed by atoms with Gasteiger partial charge in [0, 0.05) is 37.1 Å². The Balaban J connectivity index is 1.59. The molecule has 7 nitrogen and oxygen atoms in total. The van der Waals surface area contributed by atoms with Gasteiger partial charge in [-0.1, -0.05) is 12.8 Å². The maximum Gasteiger partial charge on any atom is 0.279 e. The minimum absolute atomic E-state index is 0.0242. The summed E-state index contributed by atoms with van der Waals surface area (Å²) in [5.74, 6) is 2.18. The molecule has 0 radical (unpaired) electrons. The van der Waals surface area contributed by atoms with E-state index in [1.807, 2.05) is 12.1 Å². The lowest BCUT2D eigenvalue weighted by atomic mass is 10.1. The molecular formula is C18H20N6O. The molecule has 0 spiro atoms. The molecule has 128 valence electrons. The summed E-state index contributed by atoms with van der Waals surface area (Å²) in [7, 11) is 0. The molecule has 0 aromatic carbocycles. The third-order valence-electron chi connectivity index (χ3n) is 5.43. The molecule has 1 aliphatic carbocycles. The lowest BCUT2D eigenvalue weighted by Gasteiger charge is -2.30. The summed E-state index contributed by atoms with van der Waals surface area (Å²) in [5.41, 5.74) is 1.73. The Morgan fingerprint density at radius 1 is 1.08 bits per heavy atom. The third-order valence-corrected chi connectivity index (χ3v) is 5.43. The molecule has 4 heterocycles. The van der Waals surface area contributed by atoms with Crippen LogP contribution < -0.4 is 10.5 Å². The maximum absolute atomic E-state index is 12.9. The van der Waals surface area contributed by atoms with Gasteiger partial charge in [0.1, 0.15) is 5.82 Å². The fourth-order valence-corrected chi connectivity index (χ4v) is 4.09. The van der Waals surface area contributed by atoms with Crippen LogP contribution in [0.25, 0.3) is 5.52 Å². The number of pyridine rings is 1. The monoisotopic (exact) mass is 336 g/mol. The van der Waals surface area contributed by atoms with Gasteiger partial charge in [-0.3, -0.25) is 14.3 Å². The van der Waals surface area contributed by atoms with Crippen molar-refractivity contribution in [2.24, 2.45) is 0 Å². The predicted molar refractivity (Wildman–Crippen MR) is 93.7 cm³/mol. The van der Waals surface area contributed by atoms with E-state index in [2.05, 4.69) is 14.9 Å². The van der Waals surface area contributed by atoms with E-state index in [0.29, 0.717) is 24.5 Å². The predicted octanol–water partition coefficient (Wildman–Crippen LogP) is 1.96. The van der Waals surface area contributed by atoms with Gasteiger partial charge in [-0.15, -0.1) is 0 Å². The Morgan fingerprint density at radius 2 is 1.88 bits per heavy atom. The van der Waals surface area contributed by atoms with Crippen LogP contribution in [0.1, 0.15) is 43.3 Å². The zero-order valence-corrected chi connectivity index (χ0v) is 14.0. The molecule has 7 heteroatoms. The Hall–Kier alpha value is -2.70. The van der Waals surface area contributed by atoms with Crippen LogP contribution in [-0.4, -0.2) is 30.7 Å². The third kappa shape index (κ3) is 2.33. The summed E-state index contributed by atoms with van der Waals surface area (Å²) in [4.78, 5) is 23.7. The van der Waals surface area contributed by atoms with Crippen molar-refractivity contribution in [2.45, 2.75) is 44.7 Å². The van der Waals surface area contributed by atoms with Crippen molar-refractivity contribution >= 4 is 11.2 Å². The Kier molecular flexibility index (Phi) is 3.33. The minimum Gasteiger partial charge on any atom is -0.362 e. The first-order valence-electron chi connectivity index (χ1n) is 8.93. The van der Waals surface area contributed by atoms with E-state index < -0.39 is 0 Å². The average Bonchev–Trinajstić information content (AvgIpc) is 3.31. The molecule has 0 atom stereocenters. The van der Waals surface area contributed by atoms with E-state index in [-0.39, 0.29) is 5.56 Å². The summed E-state index contributed by atoms with van der Waals surface area (Å²) in [6.07, 6.45) is 10.0. The van der Waals surface area contributed by atoms with Crippen molar-refractivity contribution in [3.05, 3.63) is 52.7 Å². The van der Waals surface area contributed by atoms with Crippen LogP contribution in [0.3, 0.4) is 0 Å². The molecule has 0 amide bonds. The highest BCUT2D eigenvalue weighted by atomic mass is 16.1. The Morgan fingerprint density at radius 3 is 2.68 bits per heavy atom.